The van der Waals surface area contributed by atoms with Crippen LogP contribution in [0.1, 0.15) is 73.4 Å². The van der Waals surface area contributed by atoms with Gasteiger partial charge in [-0.3, -0.25) is 4.98 Å². The van der Waals surface area contributed by atoms with Gasteiger partial charge in [-0.15, -0.1) is 0 Å². The van der Waals surface area contributed by atoms with Crippen LogP contribution in [-0.2, 0) is 16.4 Å². The molecule has 4 nitrogen and oxygen atoms in total. The first kappa shape index (κ1) is 32.0. The summed E-state index contributed by atoms with van der Waals surface area (Å²) in [5, 5.41) is 4.89. The van der Waals surface area contributed by atoms with Crippen molar-refractivity contribution >= 4 is 43.6 Å². The van der Waals surface area contributed by atoms with Gasteiger partial charge in [0.25, 0.3) is 0 Å². The van der Waals surface area contributed by atoms with E-state index in [9.17, 15) is 0 Å². The van der Waals surface area contributed by atoms with Crippen LogP contribution in [0.15, 0.2) is 109 Å². The van der Waals surface area contributed by atoms with Gasteiger partial charge in [-0.25, -0.2) is 4.98 Å². The molecule has 50 heavy (non-hydrogen) atoms. The highest BCUT2D eigenvalue weighted by molar-refractivity contribution is 6.13. The van der Waals surface area contributed by atoms with Gasteiger partial charge in [0.1, 0.15) is 5.82 Å². The molecule has 0 radical (unpaired) electrons. The molecule has 0 spiro atoms. The van der Waals surface area contributed by atoms with Crippen LogP contribution in [0.25, 0.3) is 77.4 Å². The number of pyridine rings is 1. The zero-order valence-electron chi connectivity index (χ0n) is 30.7. The van der Waals surface area contributed by atoms with E-state index in [-0.39, 0.29) is 16.4 Å². The molecule has 3 aromatic heterocycles. The van der Waals surface area contributed by atoms with Gasteiger partial charge in [-0.1, -0.05) is 90.1 Å². The lowest BCUT2D eigenvalue weighted by Gasteiger charge is -2.26. The molecule has 8 rings (SSSR count). The standard InChI is InChI=1S/C46H46N4/c1-44(2,3)30-20-21-39-35(25-30)36-26-31(45(4,5)6)27-37(41(36)48-39)43-49-42-33(17-14-19-40(42)50(43)46(7,8)9)29-23-28-15-10-11-16-32(28)34(24-29)38-18-12-13-22-47-38/h10-27,48H,1-9H3. The number of aromatic amines is 1. The van der Waals surface area contributed by atoms with E-state index in [0.29, 0.717) is 0 Å². The van der Waals surface area contributed by atoms with Crippen molar-refractivity contribution in [1.82, 2.24) is 19.5 Å². The number of para-hydroxylation sites is 1. The maximum atomic E-state index is 5.64. The largest absolute Gasteiger partial charge is 0.354 e. The van der Waals surface area contributed by atoms with Crippen molar-refractivity contribution in [2.75, 3.05) is 0 Å². The van der Waals surface area contributed by atoms with E-state index in [1.165, 1.54) is 32.7 Å². The molecule has 0 unspecified atom stereocenters. The Bertz CT molecular complexity index is 2580. The number of hydrogen-bond acceptors (Lipinski definition) is 2. The highest BCUT2D eigenvalue weighted by Crippen LogP contribution is 2.43. The number of benzene rings is 5. The number of imidazole rings is 1. The summed E-state index contributed by atoms with van der Waals surface area (Å²) in [7, 11) is 0. The van der Waals surface area contributed by atoms with Crippen molar-refractivity contribution in [1.29, 1.82) is 0 Å². The lowest BCUT2D eigenvalue weighted by molar-refractivity contribution is 0.413. The maximum absolute atomic E-state index is 5.64. The predicted octanol–water partition coefficient (Wildman–Crippen LogP) is 12.6. The van der Waals surface area contributed by atoms with E-state index in [4.69, 9.17) is 9.97 Å². The van der Waals surface area contributed by atoms with Crippen molar-refractivity contribution in [3.05, 3.63) is 120 Å². The first-order valence-corrected chi connectivity index (χ1v) is 17.8. The van der Waals surface area contributed by atoms with Crippen LogP contribution in [0.4, 0.5) is 0 Å². The van der Waals surface area contributed by atoms with E-state index in [1.54, 1.807) is 0 Å². The van der Waals surface area contributed by atoms with Crippen molar-refractivity contribution in [2.24, 2.45) is 0 Å². The van der Waals surface area contributed by atoms with Gasteiger partial charge in [-0.2, -0.15) is 0 Å². The quantitative estimate of drug-likeness (QED) is 0.206. The summed E-state index contributed by atoms with van der Waals surface area (Å²) in [5.74, 6) is 0.976. The fourth-order valence-electron chi connectivity index (χ4n) is 7.47. The van der Waals surface area contributed by atoms with E-state index in [2.05, 4.69) is 169 Å². The maximum Gasteiger partial charge on any atom is 0.143 e. The molecule has 4 heteroatoms. The van der Waals surface area contributed by atoms with Gasteiger partial charge in [-0.05, 0) is 114 Å². The van der Waals surface area contributed by atoms with Crippen molar-refractivity contribution in [2.45, 2.75) is 78.7 Å². The van der Waals surface area contributed by atoms with Gasteiger partial charge in [0.05, 0.1) is 22.2 Å². The van der Waals surface area contributed by atoms with E-state index in [0.717, 1.165) is 55.8 Å². The Hall–Kier alpha value is -5.22. The Morgan fingerprint density at radius 1 is 0.580 bits per heavy atom. The SMILES string of the molecule is CC(C)(C)c1ccc2[nH]c3c(-c4nc5c(-c6cc(-c7ccccn7)c7ccccc7c6)cccc5n4C(C)(C)C)cc(C(C)(C)C)cc3c2c1. The smallest absolute Gasteiger partial charge is 0.143 e. The molecule has 250 valence electrons. The summed E-state index contributed by atoms with van der Waals surface area (Å²) in [4.78, 5) is 14.2. The third-order valence-corrected chi connectivity index (χ3v) is 10.2. The number of nitrogens with one attached hydrogen (secondary N) is 1. The molecule has 5 aromatic carbocycles. The minimum atomic E-state index is -0.235. The fourth-order valence-corrected chi connectivity index (χ4v) is 7.47. The van der Waals surface area contributed by atoms with Gasteiger partial charge >= 0.3 is 0 Å². The normalized spacial score (nSPS) is 12.9. The zero-order chi connectivity index (χ0) is 35.2. The molecule has 0 saturated carbocycles. The molecule has 0 aliphatic carbocycles. The number of aromatic nitrogens is 4. The average Bonchev–Trinajstić information content (AvgIpc) is 3.66. The molecule has 0 saturated heterocycles. The minimum absolute atomic E-state index is 0.0507. The Kier molecular flexibility index (Phi) is 7.14. The van der Waals surface area contributed by atoms with Gasteiger partial charge in [0.15, 0.2) is 0 Å². The van der Waals surface area contributed by atoms with Gasteiger partial charge in [0.2, 0.25) is 0 Å². The van der Waals surface area contributed by atoms with Crippen LogP contribution in [0.3, 0.4) is 0 Å². The summed E-state index contributed by atoms with van der Waals surface area (Å²) in [6.07, 6.45) is 1.87. The number of H-pyrrole nitrogens is 1. The Morgan fingerprint density at radius 3 is 2.04 bits per heavy atom. The molecule has 0 atom stereocenters. The molecule has 1 N–H and O–H groups in total. The molecule has 0 bridgehead atoms. The Morgan fingerprint density at radius 2 is 1.32 bits per heavy atom. The van der Waals surface area contributed by atoms with Crippen LogP contribution in [0.5, 0.6) is 0 Å². The lowest BCUT2D eigenvalue weighted by atomic mass is 9.84. The molecule has 8 aromatic rings. The van der Waals surface area contributed by atoms with Crippen LogP contribution < -0.4 is 0 Å². The molecular formula is C46H46N4. The monoisotopic (exact) mass is 654 g/mol. The molecule has 0 aliphatic rings. The summed E-state index contributed by atoms with van der Waals surface area (Å²) in [6, 6.07) is 37.6. The average molecular weight is 655 g/mol. The van der Waals surface area contributed by atoms with Crippen LogP contribution in [-0.4, -0.2) is 19.5 Å². The van der Waals surface area contributed by atoms with Crippen LogP contribution in [0.2, 0.25) is 0 Å². The Labute approximate surface area is 295 Å². The highest BCUT2D eigenvalue weighted by atomic mass is 15.1. The van der Waals surface area contributed by atoms with E-state index < -0.39 is 0 Å². The number of rotatable bonds is 3. The third kappa shape index (κ3) is 5.29. The minimum Gasteiger partial charge on any atom is -0.354 e. The van der Waals surface area contributed by atoms with E-state index in [1.807, 2.05) is 12.3 Å². The van der Waals surface area contributed by atoms with E-state index >= 15 is 0 Å². The number of hydrogen-bond donors (Lipinski definition) is 1. The van der Waals surface area contributed by atoms with Crippen molar-refractivity contribution < 1.29 is 0 Å². The summed E-state index contributed by atoms with van der Waals surface area (Å²) >= 11 is 0. The number of nitrogens with zero attached hydrogens (tertiary/aromatic N) is 3. The van der Waals surface area contributed by atoms with Crippen LogP contribution in [0, 0.1) is 0 Å². The predicted molar refractivity (Wildman–Crippen MR) is 213 cm³/mol. The zero-order valence-corrected chi connectivity index (χ0v) is 30.7. The van der Waals surface area contributed by atoms with Crippen molar-refractivity contribution in [3.63, 3.8) is 0 Å². The molecule has 0 aliphatic heterocycles. The number of fused-ring (bicyclic) bond motifs is 5. The highest BCUT2D eigenvalue weighted by Gasteiger charge is 2.28. The second-order valence-corrected chi connectivity index (χ2v) is 16.9. The molecule has 3 heterocycles. The molecule has 0 amide bonds. The second kappa shape index (κ2) is 11.1. The first-order valence-electron chi connectivity index (χ1n) is 17.8. The summed E-state index contributed by atoms with van der Waals surface area (Å²) in [5.41, 5.74) is 12.3. The van der Waals surface area contributed by atoms with Gasteiger partial charge < -0.3 is 9.55 Å². The third-order valence-electron chi connectivity index (χ3n) is 10.2. The molecular weight excluding hydrogens is 609 g/mol. The van der Waals surface area contributed by atoms with Crippen LogP contribution >= 0.6 is 0 Å². The summed E-state index contributed by atoms with van der Waals surface area (Å²) < 4.78 is 2.44. The van der Waals surface area contributed by atoms with Gasteiger partial charge in [0, 0.05) is 44.7 Å². The first-order chi connectivity index (χ1) is 23.7. The topological polar surface area (TPSA) is 46.5 Å². The molecule has 0 fully saturated rings. The lowest BCUT2D eigenvalue weighted by Crippen LogP contribution is -2.23. The fraction of sp³-hybridized carbons (Fsp3) is 0.261. The van der Waals surface area contributed by atoms with Crippen molar-refractivity contribution in [3.8, 4) is 33.8 Å². The summed E-state index contributed by atoms with van der Waals surface area (Å²) in [6.45, 7) is 20.6. The second-order valence-electron chi connectivity index (χ2n) is 16.9. The Balaban J connectivity index is 1.45.